The number of amides is 2. The van der Waals surface area contributed by atoms with Crippen LogP contribution in [0.2, 0.25) is 0 Å². The molecule has 0 unspecified atom stereocenters. The van der Waals surface area contributed by atoms with Gasteiger partial charge < -0.3 is 10.2 Å². The van der Waals surface area contributed by atoms with Crippen LogP contribution in [0.3, 0.4) is 0 Å². The van der Waals surface area contributed by atoms with Gasteiger partial charge in [-0.15, -0.1) is 10.2 Å². The number of rotatable bonds is 5. The molecule has 26 heavy (non-hydrogen) atoms. The van der Waals surface area contributed by atoms with E-state index in [2.05, 4.69) is 22.4 Å². The summed E-state index contributed by atoms with van der Waals surface area (Å²) in [5.41, 5.74) is 3.31. The molecule has 6 nitrogen and oxygen atoms in total. The maximum Gasteiger partial charge on any atom is 0.227 e. The number of aryl methyl sites for hydroxylation is 2. The Kier molecular flexibility index (Phi) is 5.36. The average molecular weight is 372 g/mol. The van der Waals surface area contributed by atoms with Crippen LogP contribution in [0.25, 0.3) is 0 Å². The number of carbonyl (C=O) groups excluding carboxylic acids is 2. The molecule has 0 aliphatic carbocycles. The van der Waals surface area contributed by atoms with Crippen molar-refractivity contribution in [3.05, 3.63) is 34.3 Å². The van der Waals surface area contributed by atoms with E-state index in [9.17, 15) is 9.59 Å². The van der Waals surface area contributed by atoms with Crippen LogP contribution in [0, 0.1) is 19.8 Å². The highest BCUT2D eigenvalue weighted by molar-refractivity contribution is 7.15. The summed E-state index contributed by atoms with van der Waals surface area (Å²) >= 11 is 1.36. The van der Waals surface area contributed by atoms with Gasteiger partial charge in [0.2, 0.25) is 16.9 Å². The van der Waals surface area contributed by atoms with Crippen molar-refractivity contribution < 1.29 is 9.59 Å². The van der Waals surface area contributed by atoms with Crippen molar-refractivity contribution >= 4 is 34.0 Å². The zero-order valence-corrected chi connectivity index (χ0v) is 16.4. The van der Waals surface area contributed by atoms with Gasteiger partial charge in [-0.1, -0.05) is 31.3 Å². The van der Waals surface area contributed by atoms with Crippen molar-refractivity contribution in [3.8, 4) is 0 Å². The van der Waals surface area contributed by atoms with Gasteiger partial charge in [-0.3, -0.25) is 9.59 Å². The summed E-state index contributed by atoms with van der Waals surface area (Å²) < 4.78 is 0. The third-order valence-corrected chi connectivity index (χ3v) is 5.56. The Bertz CT molecular complexity index is 831. The summed E-state index contributed by atoms with van der Waals surface area (Å²) in [5, 5.41) is 12.4. The number of hydrogen-bond donors (Lipinski definition) is 1. The van der Waals surface area contributed by atoms with Crippen molar-refractivity contribution in [1.82, 2.24) is 10.2 Å². The molecule has 3 rings (SSSR count). The van der Waals surface area contributed by atoms with Gasteiger partial charge in [-0.25, -0.2) is 0 Å². The second-order valence-corrected chi connectivity index (χ2v) is 8.27. The van der Waals surface area contributed by atoms with E-state index in [1.807, 2.05) is 43.9 Å². The van der Waals surface area contributed by atoms with Crippen LogP contribution in [-0.4, -0.2) is 28.6 Å². The molecular formula is C19H24N4O2S. The molecule has 1 atom stereocenters. The highest BCUT2D eigenvalue weighted by Crippen LogP contribution is 2.34. The SMILES string of the molecule is Cc1ccc(N2C[C@H](c3nnc(NC(=O)CC(C)C)s3)CC2=O)cc1C. The molecule has 2 aromatic rings. The minimum Gasteiger partial charge on any atom is -0.312 e. The first-order valence-electron chi connectivity index (χ1n) is 8.84. The van der Waals surface area contributed by atoms with Crippen LogP contribution in [0.1, 0.15) is 48.7 Å². The predicted octanol–water partition coefficient (Wildman–Crippen LogP) is 3.66. The average Bonchev–Trinajstić information content (AvgIpc) is 3.16. The Balaban J connectivity index is 1.69. The first-order valence-corrected chi connectivity index (χ1v) is 9.66. The highest BCUT2D eigenvalue weighted by atomic mass is 32.1. The number of benzene rings is 1. The molecule has 1 aliphatic rings. The van der Waals surface area contributed by atoms with Crippen molar-refractivity contribution in [1.29, 1.82) is 0 Å². The summed E-state index contributed by atoms with van der Waals surface area (Å²) in [6, 6.07) is 6.08. The van der Waals surface area contributed by atoms with Gasteiger partial charge in [0.25, 0.3) is 0 Å². The molecule has 7 heteroatoms. The van der Waals surface area contributed by atoms with E-state index >= 15 is 0 Å². The fraction of sp³-hybridized carbons (Fsp3) is 0.474. The summed E-state index contributed by atoms with van der Waals surface area (Å²) in [4.78, 5) is 26.2. The monoisotopic (exact) mass is 372 g/mol. The summed E-state index contributed by atoms with van der Waals surface area (Å²) in [5.74, 6) is 0.347. The maximum atomic E-state index is 12.5. The first-order chi connectivity index (χ1) is 12.3. The van der Waals surface area contributed by atoms with Crippen molar-refractivity contribution in [2.24, 2.45) is 5.92 Å². The molecule has 138 valence electrons. The van der Waals surface area contributed by atoms with Gasteiger partial charge in [-0.2, -0.15) is 0 Å². The molecule has 2 amide bonds. The normalized spacial score (nSPS) is 17.2. The molecule has 2 heterocycles. The Morgan fingerprint density at radius 2 is 2.08 bits per heavy atom. The van der Waals surface area contributed by atoms with Gasteiger partial charge in [0.15, 0.2) is 0 Å². The zero-order chi connectivity index (χ0) is 18.8. The van der Waals surface area contributed by atoms with Crippen molar-refractivity contribution in [2.45, 2.75) is 46.5 Å². The number of aromatic nitrogens is 2. The van der Waals surface area contributed by atoms with Gasteiger partial charge in [0.05, 0.1) is 0 Å². The molecule has 0 spiro atoms. The molecule has 1 saturated heterocycles. The van der Waals surface area contributed by atoms with Crippen LogP contribution in [0.4, 0.5) is 10.8 Å². The quantitative estimate of drug-likeness (QED) is 0.869. The summed E-state index contributed by atoms with van der Waals surface area (Å²) in [6.45, 7) is 8.70. The smallest absolute Gasteiger partial charge is 0.227 e. The highest BCUT2D eigenvalue weighted by Gasteiger charge is 2.34. The fourth-order valence-electron chi connectivity index (χ4n) is 3.01. The minimum atomic E-state index is -0.0537. The lowest BCUT2D eigenvalue weighted by atomic mass is 10.1. The third-order valence-electron chi connectivity index (χ3n) is 4.56. The van der Waals surface area contributed by atoms with E-state index in [4.69, 9.17) is 0 Å². The molecule has 1 aliphatic heterocycles. The van der Waals surface area contributed by atoms with Crippen LogP contribution in [-0.2, 0) is 9.59 Å². The Labute approximate surface area is 157 Å². The summed E-state index contributed by atoms with van der Waals surface area (Å²) in [7, 11) is 0. The molecule has 1 aromatic heterocycles. The van der Waals surface area contributed by atoms with E-state index in [1.54, 1.807) is 0 Å². The van der Waals surface area contributed by atoms with Gasteiger partial charge >= 0.3 is 0 Å². The Morgan fingerprint density at radius 1 is 1.31 bits per heavy atom. The number of hydrogen-bond acceptors (Lipinski definition) is 5. The predicted molar refractivity (Wildman–Crippen MR) is 104 cm³/mol. The molecule has 1 aromatic carbocycles. The van der Waals surface area contributed by atoms with Crippen LogP contribution in [0.5, 0.6) is 0 Å². The lowest BCUT2D eigenvalue weighted by molar-refractivity contribution is -0.117. The zero-order valence-electron chi connectivity index (χ0n) is 15.6. The van der Waals surface area contributed by atoms with Gasteiger partial charge in [0.1, 0.15) is 5.01 Å². The Morgan fingerprint density at radius 3 is 2.77 bits per heavy atom. The van der Waals surface area contributed by atoms with E-state index < -0.39 is 0 Å². The lowest BCUT2D eigenvalue weighted by Crippen LogP contribution is -2.24. The number of nitrogens with zero attached hydrogens (tertiary/aromatic N) is 3. The van der Waals surface area contributed by atoms with Crippen LogP contribution in [0.15, 0.2) is 18.2 Å². The van der Waals surface area contributed by atoms with E-state index in [-0.39, 0.29) is 17.7 Å². The second-order valence-electron chi connectivity index (χ2n) is 7.27. The molecular weight excluding hydrogens is 348 g/mol. The van der Waals surface area contributed by atoms with Gasteiger partial charge in [0, 0.05) is 31.0 Å². The minimum absolute atomic E-state index is 0.0114. The molecule has 0 saturated carbocycles. The Hall–Kier alpha value is -2.28. The van der Waals surface area contributed by atoms with Gasteiger partial charge in [-0.05, 0) is 43.0 Å². The summed E-state index contributed by atoms with van der Waals surface area (Å²) in [6.07, 6.45) is 0.874. The van der Waals surface area contributed by atoms with Crippen molar-refractivity contribution in [3.63, 3.8) is 0 Å². The van der Waals surface area contributed by atoms with E-state index in [0.717, 1.165) is 10.7 Å². The van der Waals surface area contributed by atoms with Crippen LogP contribution >= 0.6 is 11.3 Å². The topological polar surface area (TPSA) is 75.2 Å². The number of nitrogens with one attached hydrogen (secondary N) is 1. The van der Waals surface area contributed by atoms with Crippen molar-refractivity contribution in [2.75, 3.05) is 16.8 Å². The molecule has 1 fully saturated rings. The molecule has 0 radical (unpaired) electrons. The lowest BCUT2D eigenvalue weighted by Gasteiger charge is -2.17. The van der Waals surface area contributed by atoms with E-state index in [0.29, 0.717) is 30.4 Å². The molecule has 0 bridgehead atoms. The standard InChI is InChI=1S/C19H24N4O2S/c1-11(2)7-16(24)20-19-22-21-18(26-19)14-9-17(25)23(10-14)15-6-5-12(3)13(4)8-15/h5-6,8,11,14H,7,9-10H2,1-4H3,(H,20,22,24)/t14-/m1/s1. The third kappa shape index (κ3) is 4.09. The maximum absolute atomic E-state index is 12.5. The van der Waals surface area contributed by atoms with Crippen LogP contribution < -0.4 is 10.2 Å². The first kappa shape index (κ1) is 18.5. The van der Waals surface area contributed by atoms with E-state index in [1.165, 1.54) is 22.5 Å². The number of anilines is 2. The largest absolute Gasteiger partial charge is 0.312 e. The second kappa shape index (κ2) is 7.53. The molecule has 1 N–H and O–H groups in total. The number of carbonyl (C=O) groups is 2. The fourth-order valence-corrected chi connectivity index (χ4v) is 3.86.